The van der Waals surface area contributed by atoms with E-state index in [1.807, 2.05) is 24.3 Å². The van der Waals surface area contributed by atoms with Crippen LogP contribution in [0, 0.1) is 0 Å². The number of rotatable bonds is 8. The first-order valence-electron chi connectivity index (χ1n) is 11.6. The quantitative estimate of drug-likeness (QED) is 0.698. The zero-order chi connectivity index (χ0) is 19.6. The Kier molecular flexibility index (Phi) is 9.26. The summed E-state index contributed by atoms with van der Waals surface area (Å²) in [7, 11) is 0. The number of hydrogen-bond acceptors (Lipinski definition) is 4. The monoisotopic (exact) mass is 388 g/mol. The van der Waals surface area contributed by atoms with Crippen LogP contribution in [0.1, 0.15) is 87.5 Å². The highest BCUT2D eigenvalue weighted by Crippen LogP contribution is 2.23. The molecule has 0 aromatic heterocycles. The van der Waals surface area contributed by atoms with Gasteiger partial charge in [-0.15, -0.1) is 0 Å². The number of nitrogens with zero attached hydrogens (tertiary/aromatic N) is 2. The second-order valence-electron chi connectivity index (χ2n) is 8.79. The van der Waals surface area contributed by atoms with Crippen LogP contribution in [0.3, 0.4) is 0 Å². The van der Waals surface area contributed by atoms with Crippen LogP contribution in [0.15, 0.2) is 24.3 Å². The SMILES string of the molecule is OC(CCN1CCCCCC1)c1ccc(C(O)CCN2CCCCCC2)cc1. The molecule has 0 saturated carbocycles. The Bertz CT molecular complexity index is 483. The maximum Gasteiger partial charge on any atom is 0.0802 e. The molecule has 3 rings (SSSR count). The van der Waals surface area contributed by atoms with Crippen LogP contribution in [0.4, 0.5) is 0 Å². The number of likely N-dealkylation sites (tertiary alicyclic amines) is 2. The van der Waals surface area contributed by atoms with Gasteiger partial charge in [-0.25, -0.2) is 0 Å². The van der Waals surface area contributed by atoms with E-state index >= 15 is 0 Å². The largest absolute Gasteiger partial charge is 0.388 e. The number of hydrogen-bond donors (Lipinski definition) is 2. The summed E-state index contributed by atoms with van der Waals surface area (Å²) in [4.78, 5) is 4.99. The van der Waals surface area contributed by atoms with Gasteiger partial charge in [0, 0.05) is 13.1 Å². The molecule has 2 heterocycles. The topological polar surface area (TPSA) is 46.9 Å². The van der Waals surface area contributed by atoms with Crippen LogP contribution in [-0.2, 0) is 0 Å². The third kappa shape index (κ3) is 7.14. The lowest BCUT2D eigenvalue weighted by Gasteiger charge is -2.22. The minimum atomic E-state index is -0.411. The molecule has 2 atom stereocenters. The van der Waals surface area contributed by atoms with Gasteiger partial charge < -0.3 is 20.0 Å². The lowest BCUT2D eigenvalue weighted by Crippen LogP contribution is -2.27. The molecule has 2 saturated heterocycles. The van der Waals surface area contributed by atoms with Crippen molar-refractivity contribution in [1.82, 2.24) is 9.80 Å². The predicted octanol–water partition coefficient (Wildman–Crippen LogP) is 4.29. The molecule has 0 radical (unpaired) electrons. The van der Waals surface area contributed by atoms with Gasteiger partial charge in [-0.1, -0.05) is 49.9 Å². The maximum absolute atomic E-state index is 10.6. The molecule has 2 aliphatic rings. The second kappa shape index (κ2) is 11.9. The summed E-state index contributed by atoms with van der Waals surface area (Å²) < 4.78 is 0. The summed E-state index contributed by atoms with van der Waals surface area (Å²) in [6.45, 7) is 6.65. The smallest absolute Gasteiger partial charge is 0.0802 e. The van der Waals surface area contributed by atoms with Gasteiger partial charge >= 0.3 is 0 Å². The zero-order valence-electron chi connectivity index (χ0n) is 17.6. The van der Waals surface area contributed by atoms with Crippen LogP contribution < -0.4 is 0 Å². The molecule has 2 aliphatic heterocycles. The minimum absolute atomic E-state index is 0.411. The normalized spacial score (nSPS) is 22.4. The third-order valence-corrected chi connectivity index (χ3v) is 6.54. The van der Waals surface area contributed by atoms with E-state index in [4.69, 9.17) is 0 Å². The highest BCUT2D eigenvalue weighted by molar-refractivity contribution is 5.25. The Balaban J connectivity index is 1.42. The predicted molar refractivity (Wildman–Crippen MR) is 115 cm³/mol. The summed E-state index contributed by atoms with van der Waals surface area (Å²) in [6, 6.07) is 7.99. The van der Waals surface area contributed by atoms with E-state index in [-0.39, 0.29) is 0 Å². The van der Waals surface area contributed by atoms with Gasteiger partial charge in [0.1, 0.15) is 0 Å². The van der Waals surface area contributed by atoms with Gasteiger partial charge in [0.25, 0.3) is 0 Å². The van der Waals surface area contributed by atoms with Gasteiger partial charge in [-0.2, -0.15) is 0 Å². The molecular weight excluding hydrogens is 348 g/mol. The van der Waals surface area contributed by atoms with Crippen LogP contribution in [0.5, 0.6) is 0 Å². The molecule has 2 fully saturated rings. The Morgan fingerprint density at radius 1 is 0.571 bits per heavy atom. The van der Waals surface area contributed by atoms with Gasteiger partial charge in [-0.05, 0) is 75.8 Å². The first kappa shape index (κ1) is 21.8. The molecule has 2 unspecified atom stereocenters. The van der Waals surface area contributed by atoms with Crippen molar-refractivity contribution in [2.45, 2.75) is 76.4 Å². The zero-order valence-corrected chi connectivity index (χ0v) is 17.6. The van der Waals surface area contributed by atoms with Crippen molar-refractivity contribution in [3.8, 4) is 0 Å². The molecule has 0 bridgehead atoms. The Hall–Kier alpha value is -0.940. The summed E-state index contributed by atoms with van der Waals surface area (Å²) in [5.74, 6) is 0. The van der Waals surface area contributed by atoms with Crippen molar-refractivity contribution in [2.24, 2.45) is 0 Å². The van der Waals surface area contributed by atoms with E-state index in [0.29, 0.717) is 0 Å². The molecule has 1 aromatic carbocycles. The number of benzene rings is 1. The minimum Gasteiger partial charge on any atom is -0.388 e. The van der Waals surface area contributed by atoms with E-state index in [9.17, 15) is 10.2 Å². The standard InChI is InChI=1S/C24H40N2O2/c27-23(13-19-25-15-5-1-2-6-16-25)21-9-11-22(12-10-21)24(28)14-20-26-17-7-3-4-8-18-26/h9-12,23-24,27-28H,1-8,13-20H2. The summed E-state index contributed by atoms with van der Waals surface area (Å²) in [5, 5.41) is 21.1. The molecule has 4 nitrogen and oxygen atoms in total. The molecule has 0 aliphatic carbocycles. The average molecular weight is 389 g/mol. The van der Waals surface area contributed by atoms with Gasteiger partial charge in [0.2, 0.25) is 0 Å². The molecular formula is C24H40N2O2. The molecule has 0 amide bonds. The van der Waals surface area contributed by atoms with Crippen molar-refractivity contribution in [1.29, 1.82) is 0 Å². The fraction of sp³-hybridized carbons (Fsp3) is 0.750. The third-order valence-electron chi connectivity index (χ3n) is 6.54. The van der Waals surface area contributed by atoms with Gasteiger partial charge in [0.15, 0.2) is 0 Å². The number of aliphatic hydroxyl groups excluding tert-OH is 2. The highest BCUT2D eigenvalue weighted by Gasteiger charge is 2.15. The van der Waals surface area contributed by atoms with Crippen molar-refractivity contribution in [2.75, 3.05) is 39.3 Å². The van der Waals surface area contributed by atoms with Crippen LogP contribution in [0.2, 0.25) is 0 Å². The summed E-state index contributed by atoms with van der Waals surface area (Å²) >= 11 is 0. The van der Waals surface area contributed by atoms with Gasteiger partial charge in [0.05, 0.1) is 12.2 Å². The van der Waals surface area contributed by atoms with E-state index in [1.54, 1.807) is 0 Å². The lowest BCUT2D eigenvalue weighted by atomic mass is 10.0. The van der Waals surface area contributed by atoms with Crippen molar-refractivity contribution < 1.29 is 10.2 Å². The molecule has 2 N–H and O–H groups in total. The average Bonchev–Trinajstić information content (AvgIpc) is 3.15. The molecule has 4 heteroatoms. The van der Waals surface area contributed by atoms with Crippen LogP contribution in [0.25, 0.3) is 0 Å². The summed E-state index contributed by atoms with van der Waals surface area (Å²) in [6.07, 6.45) is 11.3. The Labute approximate surface area is 171 Å². The van der Waals surface area contributed by atoms with Crippen molar-refractivity contribution in [3.63, 3.8) is 0 Å². The fourth-order valence-corrected chi connectivity index (χ4v) is 4.60. The van der Waals surface area contributed by atoms with Crippen molar-refractivity contribution in [3.05, 3.63) is 35.4 Å². The van der Waals surface area contributed by atoms with E-state index in [1.165, 1.54) is 77.5 Å². The Morgan fingerprint density at radius 3 is 1.21 bits per heavy atom. The molecule has 158 valence electrons. The van der Waals surface area contributed by atoms with E-state index in [2.05, 4.69) is 9.80 Å². The lowest BCUT2D eigenvalue weighted by molar-refractivity contribution is 0.140. The van der Waals surface area contributed by atoms with Gasteiger partial charge in [-0.3, -0.25) is 0 Å². The van der Waals surface area contributed by atoms with E-state index < -0.39 is 12.2 Å². The van der Waals surface area contributed by atoms with Crippen LogP contribution in [-0.4, -0.2) is 59.3 Å². The molecule has 1 aromatic rings. The fourth-order valence-electron chi connectivity index (χ4n) is 4.60. The second-order valence-corrected chi connectivity index (χ2v) is 8.79. The first-order chi connectivity index (χ1) is 13.7. The van der Waals surface area contributed by atoms with Crippen LogP contribution >= 0.6 is 0 Å². The molecule has 28 heavy (non-hydrogen) atoms. The number of aliphatic hydroxyl groups is 2. The molecule has 0 spiro atoms. The summed E-state index contributed by atoms with van der Waals surface area (Å²) in [5.41, 5.74) is 1.94. The Morgan fingerprint density at radius 2 is 0.893 bits per heavy atom. The first-order valence-corrected chi connectivity index (χ1v) is 11.6. The maximum atomic E-state index is 10.6. The highest BCUT2D eigenvalue weighted by atomic mass is 16.3. The van der Waals surface area contributed by atoms with Crippen molar-refractivity contribution >= 4 is 0 Å². The van der Waals surface area contributed by atoms with E-state index in [0.717, 1.165) is 37.1 Å².